The summed E-state index contributed by atoms with van der Waals surface area (Å²) in [7, 11) is 3.33. The molecule has 0 bridgehead atoms. The molecule has 9 nitrogen and oxygen atoms in total. The largest absolute Gasteiger partial charge is 0.370 e. The maximum absolute atomic E-state index is 15.6. The minimum Gasteiger partial charge on any atom is -0.370 e. The van der Waals surface area contributed by atoms with Crippen molar-refractivity contribution in [1.29, 1.82) is 0 Å². The Labute approximate surface area is 213 Å². The molecule has 10 heteroatoms. The average molecular weight is 503 g/mol. The molecule has 0 atom stereocenters. The third-order valence-corrected chi connectivity index (χ3v) is 6.18. The van der Waals surface area contributed by atoms with Gasteiger partial charge in [-0.3, -0.25) is 9.59 Å². The molecular weight excluding hydrogens is 475 g/mol. The molecule has 0 radical (unpaired) electrons. The van der Waals surface area contributed by atoms with Gasteiger partial charge in [0.15, 0.2) is 5.82 Å². The Hall–Kier alpha value is -4.73. The highest BCUT2D eigenvalue weighted by Crippen LogP contribution is 2.30. The number of nitrogens with two attached hydrogens (primary N) is 1. The first-order valence-electron chi connectivity index (χ1n) is 11.6. The molecule has 1 heterocycles. The van der Waals surface area contributed by atoms with Crippen molar-refractivity contribution >= 4 is 23.7 Å². The third kappa shape index (κ3) is 5.13. The van der Waals surface area contributed by atoms with Crippen LogP contribution < -0.4 is 21.2 Å². The molecule has 0 aliphatic heterocycles. The van der Waals surface area contributed by atoms with Crippen LogP contribution in [0.15, 0.2) is 71.5 Å². The van der Waals surface area contributed by atoms with E-state index in [1.54, 1.807) is 92.6 Å². The Balaban J connectivity index is 1.53. The van der Waals surface area contributed by atoms with E-state index in [0.29, 0.717) is 52.5 Å². The molecule has 3 aromatic carbocycles. The minimum absolute atomic E-state index is 0.259. The Morgan fingerprint density at radius 2 is 1.78 bits per heavy atom. The molecule has 190 valence electrons. The Bertz CT molecular complexity index is 1510. The van der Waals surface area contributed by atoms with Crippen molar-refractivity contribution in [2.75, 3.05) is 29.9 Å². The molecule has 0 unspecified atom stereocenters. The highest BCUT2D eigenvalue weighted by atomic mass is 19.1. The van der Waals surface area contributed by atoms with Gasteiger partial charge in [-0.05, 0) is 48.9 Å². The van der Waals surface area contributed by atoms with E-state index in [9.17, 15) is 14.4 Å². The fourth-order valence-electron chi connectivity index (χ4n) is 4.17. The number of hydrogen-bond acceptors (Lipinski definition) is 5. The van der Waals surface area contributed by atoms with Gasteiger partial charge in [-0.2, -0.15) is 5.10 Å². The van der Waals surface area contributed by atoms with Gasteiger partial charge < -0.3 is 15.5 Å². The van der Waals surface area contributed by atoms with E-state index >= 15 is 4.39 Å². The van der Waals surface area contributed by atoms with E-state index in [2.05, 4.69) is 5.10 Å². The first kappa shape index (κ1) is 25.4. The van der Waals surface area contributed by atoms with Gasteiger partial charge in [0, 0.05) is 44.0 Å². The number of halogens is 1. The molecule has 4 aromatic rings. The number of aryl methyl sites for hydroxylation is 2. The van der Waals surface area contributed by atoms with Gasteiger partial charge in [-0.1, -0.05) is 30.3 Å². The first-order chi connectivity index (χ1) is 17.7. The maximum atomic E-state index is 15.6. The standard InChI is InChI=1S/C27H27FN6O3/c1-18-30-32(3)27(37)34(18)21-12-10-19(11-13-21)23-8-5-9-24(25(23)28)31(2)14-15-33(17-35)22-7-4-6-20(16-22)26(29)36/h4-13,16-17H,14-15H2,1-3H3,(H2,29,36). The monoisotopic (exact) mass is 502 g/mol. The van der Waals surface area contributed by atoms with Crippen LogP contribution in [-0.2, 0) is 11.8 Å². The van der Waals surface area contributed by atoms with Crippen molar-refractivity contribution < 1.29 is 14.0 Å². The lowest BCUT2D eigenvalue weighted by atomic mass is 10.0. The Morgan fingerprint density at radius 3 is 2.41 bits per heavy atom. The van der Waals surface area contributed by atoms with E-state index in [-0.39, 0.29) is 12.2 Å². The number of benzene rings is 3. The Kier molecular flexibility index (Phi) is 7.19. The predicted octanol–water partition coefficient (Wildman–Crippen LogP) is 2.88. The van der Waals surface area contributed by atoms with Crippen LogP contribution in [0.2, 0.25) is 0 Å². The lowest BCUT2D eigenvalue weighted by molar-refractivity contribution is -0.107. The fourth-order valence-corrected chi connectivity index (χ4v) is 4.17. The number of carbonyl (C=O) groups excluding carboxylic acids is 2. The van der Waals surface area contributed by atoms with Crippen molar-refractivity contribution in [3.05, 3.63) is 94.4 Å². The number of carbonyl (C=O) groups is 2. The summed E-state index contributed by atoms with van der Waals surface area (Å²) >= 11 is 0. The van der Waals surface area contributed by atoms with Crippen LogP contribution in [0.1, 0.15) is 16.2 Å². The molecular formula is C27H27FN6O3. The van der Waals surface area contributed by atoms with Gasteiger partial charge >= 0.3 is 5.69 Å². The highest BCUT2D eigenvalue weighted by Gasteiger charge is 2.16. The molecule has 0 saturated heterocycles. The topological polar surface area (TPSA) is 106 Å². The second-order valence-electron chi connectivity index (χ2n) is 8.61. The van der Waals surface area contributed by atoms with E-state index in [0.717, 1.165) is 0 Å². The summed E-state index contributed by atoms with van der Waals surface area (Å²) in [4.78, 5) is 38.7. The molecule has 0 aliphatic rings. The average Bonchev–Trinajstić information content (AvgIpc) is 3.15. The molecule has 37 heavy (non-hydrogen) atoms. The van der Waals surface area contributed by atoms with Crippen molar-refractivity contribution in [1.82, 2.24) is 14.3 Å². The zero-order chi connectivity index (χ0) is 26.7. The number of aromatic nitrogens is 3. The van der Waals surface area contributed by atoms with Crippen LogP contribution in [-0.4, -0.2) is 46.8 Å². The van der Waals surface area contributed by atoms with Crippen molar-refractivity contribution in [3.8, 4) is 16.8 Å². The zero-order valence-electron chi connectivity index (χ0n) is 20.8. The first-order valence-corrected chi connectivity index (χ1v) is 11.6. The van der Waals surface area contributed by atoms with Crippen LogP contribution in [0, 0.1) is 12.7 Å². The number of primary amides is 1. The summed E-state index contributed by atoms with van der Waals surface area (Å²) in [6.07, 6.45) is 0.664. The molecule has 0 fully saturated rings. The van der Waals surface area contributed by atoms with E-state index in [1.807, 2.05) is 0 Å². The minimum atomic E-state index is -0.584. The van der Waals surface area contributed by atoms with E-state index in [1.165, 1.54) is 14.1 Å². The smallest absolute Gasteiger partial charge is 0.350 e. The SMILES string of the molecule is Cc1nn(C)c(=O)n1-c1ccc(-c2cccc(N(C)CCN(C=O)c3cccc(C(N)=O)c3)c2F)cc1. The van der Waals surface area contributed by atoms with Gasteiger partial charge in [0.2, 0.25) is 12.3 Å². The predicted molar refractivity (Wildman–Crippen MR) is 141 cm³/mol. The van der Waals surface area contributed by atoms with E-state index < -0.39 is 11.7 Å². The van der Waals surface area contributed by atoms with Gasteiger partial charge in [0.1, 0.15) is 5.82 Å². The van der Waals surface area contributed by atoms with Crippen LogP contribution in [0.5, 0.6) is 0 Å². The number of amides is 2. The molecule has 2 N–H and O–H groups in total. The molecule has 0 saturated carbocycles. The number of hydrogen-bond donors (Lipinski definition) is 1. The molecule has 4 rings (SSSR count). The number of rotatable bonds is 9. The van der Waals surface area contributed by atoms with Crippen molar-refractivity contribution in [2.45, 2.75) is 6.92 Å². The van der Waals surface area contributed by atoms with Gasteiger partial charge in [0.25, 0.3) is 0 Å². The summed E-state index contributed by atoms with van der Waals surface area (Å²) in [5.74, 6) is -0.430. The van der Waals surface area contributed by atoms with Crippen LogP contribution in [0.3, 0.4) is 0 Å². The van der Waals surface area contributed by atoms with Crippen molar-refractivity contribution in [2.24, 2.45) is 12.8 Å². The number of anilines is 2. The summed E-state index contributed by atoms with van der Waals surface area (Å²) in [6, 6.07) is 18.6. The lowest BCUT2D eigenvalue weighted by Crippen LogP contribution is -2.33. The number of likely N-dealkylation sites (N-methyl/N-ethyl adjacent to an activating group) is 1. The van der Waals surface area contributed by atoms with Gasteiger partial charge in [0.05, 0.1) is 11.4 Å². The van der Waals surface area contributed by atoms with Crippen LogP contribution in [0.4, 0.5) is 15.8 Å². The molecule has 2 amide bonds. The molecule has 1 aromatic heterocycles. The Morgan fingerprint density at radius 1 is 1.08 bits per heavy atom. The van der Waals surface area contributed by atoms with E-state index in [4.69, 9.17) is 5.73 Å². The fraction of sp³-hybridized carbons (Fsp3) is 0.185. The quantitative estimate of drug-likeness (QED) is 0.354. The van der Waals surface area contributed by atoms with Gasteiger partial charge in [-0.25, -0.2) is 18.4 Å². The highest BCUT2D eigenvalue weighted by molar-refractivity contribution is 5.94. The van der Waals surface area contributed by atoms with Crippen LogP contribution in [0.25, 0.3) is 16.8 Å². The zero-order valence-corrected chi connectivity index (χ0v) is 20.8. The third-order valence-electron chi connectivity index (χ3n) is 6.18. The maximum Gasteiger partial charge on any atom is 0.350 e. The number of nitrogens with zero attached hydrogens (tertiary/aromatic N) is 5. The van der Waals surface area contributed by atoms with Gasteiger partial charge in [-0.15, -0.1) is 0 Å². The molecule has 0 aliphatic carbocycles. The van der Waals surface area contributed by atoms with Crippen molar-refractivity contribution in [3.63, 3.8) is 0 Å². The second kappa shape index (κ2) is 10.5. The summed E-state index contributed by atoms with van der Waals surface area (Å²) < 4.78 is 18.3. The summed E-state index contributed by atoms with van der Waals surface area (Å²) in [5.41, 5.74) is 7.98. The summed E-state index contributed by atoms with van der Waals surface area (Å²) in [6.45, 7) is 2.34. The normalized spacial score (nSPS) is 10.8. The van der Waals surface area contributed by atoms with Crippen LogP contribution >= 0.6 is 0 Å². The molecule has 0 spiro atoms. The lowest BCUT2D eigenvalue weighted by Gasteiger charge is -2.25. The second-order valence-corrected chi connectivity index (χ2v) is 8.61. The summed E-state index contributed by atoms with van der Waals surface area (Å²) in [5, 5.41) is 4.14.